The zero-order chi connectivity index (χ0) is 25.4. The molecule has 0 radical (unpaired) electrons. The summed E-state index contributed by atoms with van der Waals surface area (Å²) < 4.78 is 6.74. The van der Waals surface area contributed by atoms with Gasteiger partial charge in [0.05, 0.1) is 23.2 Å². The van der Waals surface area contributed by atoms with Crippen molar-refractivity contribution in [1.29, 1.82) is 0 Å². The molecule has 6 rings (SSSR count). The monoisotopic (exact) mass is 486 g/mol. The van der Waals surface area contributed by atoms with E-state index in [0.29, 0.717) is 36.9 Å². The number of aliphatic hydroxyl groups excluding tert-OH is 1. The summed E-state index contributed by atoms with van der Waals surface area (Å²) in [6.45, 7) is 12.8. The van der Waals surface area contributed by atoms with Gasteiger partial charge in [0.15, 0.2) is 0 Å². The van der Waals surface area contributed by atoms with E-state index in [2.05, 4.69) is 27.7 Å². The van der Waals surface area contributed by atoms with Crippen molar-refractivity contribution in [3.8, 4) is 0 Å². The average molecular weight is 487 g/mol. The van der Waals surface area contributed by atoms with Crippen LogP contribution in [0.1, 0.15) is 106 Å². The van der Waals surface area contributed by atoms with Crippen molar-refractivity contribution in [2.75, 3.05) is 0 Å². The Hall–Kier alpha value is -0.940. The number of Topliss-reactive ketones (excluding diaryl/α,β-unsaturated/α-hetero) is 1. The van der Waals surface area contributed by atoms with E-state index in [9.17, 15) is 19.8 Å². The molecule has 1 saturated heterocycles. The van der Waals surface area contributed by atoms with Crippen molar-refractivity contribution < 1.29 is 24.5 Å². The number of carboxylic acid groups (broad SMARTS) is 1. The zero-order valence-corrected chi connectivity index (χ0v) is 22.7. The summed E-state index contributed by atoms with van der Waals surface area (Å²) in [4.78, 5) is 26.5. The predicted octanol–water partition coefficient (Wildman–Crippen LogP) is 5.62. The SMILES string of the molecule is C[C@@H]1CC[C@@H](O)C(C)(C)O[C@@H]2C[C@@]3(C(=O)O)[C@@H]4CC[C@H]5C(C)(C)C(=O)CC[C@@]56C[C@@]46CC[C@]3(C)[C@H]12. The summed E-state index contributed by atoms with van der Waals surface area (Å²) in [6, 6.07) is 0. The minimum atomic E-state index is -0.791. The molecular weight excluding hydrogens is 440 g/mol. The summed E-state index contributed by atoms with van der Waals surface area (Å²) in [5.74, 6) is 0.855. The Morgan fingerprint density at radius 2 is 1.60 bits per heavy atom. The highest BCUT2D eigenvalue weighted by molar-refractivity contribution is 5.86. The minimum absolute atomic E-state index is 0.0731. The van der Waals surface area contributed by atoms with Crippen molar-refractivity contribution in [1.82, 2.24) is 0 Å². The van der Waals surface area contributed by atoms with Crippen LogP contribution in [0.4, 0.5) is 0 Å². The Bertz CT molecular complexity index is 970. The third kappa shape index (κ3) is 2.63. The second kappa shape index (κ2) is 6.92. The van der Waals surface area contributed by atoms with Crippen LogP contribution in [0.2, 0.25) is 0 Å². The quantitative estimate of drug-likeness (QED) is 0.502. The maximum atomic E-state index is 13.6. The second-order valence-corrected chi connectivity index (χ2v) is 15.1. The maximum absolute atomic E-state index is 13.6. The van der Waals surface area contributed by atoms with Crippen molar-refractivity contribution in [2.24, 2.45) is 50.7 Å². The lowest BCUT2D eigenvalue weighted by atomic mass is 9.41. The van der Waals surface area contributed by atoms with Crippen molar-refractivity contribution in [3.05, 3.63) is 0 Å². The molecule has 0 aromatic heterocycles. The summed E-state index contributed by atoms with van der Waals surface area (Å²) in [7, 11) is 0. The van der Waals surface area contributed by atoms with Gasteiger partial charge >= 0.3 is 5.97 Å². The predicted molar refractivity (Wildman–Crippen MR) is 133 cm³/mol. The number of hydrogen-bond acceptors (Lipinski definition) is 4. The smallest absolute Gasteiger partial charge is 0.310 e. The first-order valence-electron chi connectivity index (χ1n) is 14.3. The van der Waals surface area contributed by atoms with Crippen LogP contribution in [0.15, 0.2) is 0 Å². The number of fused-ring (bicyclic) bond motifs is 4. The van der Waals surface area contributed by atoms with Crippen LogP contribution in [0, 0.1) is 50.7 Å². The molecule has 5 nitrogen and oxygen atoms in total. The lowest BCUT2D eigenvalue weighted by Gasteiger charge is -2.61. The van der Waals surface area contributed by atoms with Gasteiger partial charge in [-0.25, -0.2) is 0 Å². The molecule has 5 saturated carbocycles. The van der Waals surface area contributed by atoms with Crippen molar-refractivity contribution in [3.63, 3.8) is 0 Å². The number of aliphatic hydroxyl groups is 1. The van der Waals surface area contributed by atoms with Crippen molar-refractivity contribution >= 4 is 11.8 Å². The number of carbonyl (C=O) groups excluding carboxylic acids is 1. The first kappa shape index (κ1) is 24.4. The molecule has 0 aromatic rings. The molecule has 0 unspecified atom stereocenters. The fraction of sp³-hybridized carbons (Fsp3) is 0.933. The van der Waals surface area contributed by atoms with E-state index in [-0.39, 0.29) is 39.6 Å². The summed E-state index contributed by atoms with van der Waals surface area (Å²) >= 11 is 0. The van der Waals surface area contributed by atoms with Crippen LogP contribution in [-0.2, 0) is 14.3 Å². The van der Waals surface area contributed by atoms with Gasteiger partial charge in [-0.15, -0.1) is 0 Å². The maximum Gasteiger partial charge on any atom is 0.310 e. The number of ketones is 1. The highest BCUT2D eigenvalue weighted by Crippen LogP contribution is 2.89. The molecule has 6 aliphatic rings. The number of ether oxygens (including phenoxy) is 1. The van der Waals surface area contributed by atoms with Crippen molar-refractivity contribution in [2.45, 2.75) is 124 Å². The van der Waals surface area contributed by atoms with Crippen LogP contribution >= 0.6 is 0 Å². The van der Waals surface area contributed by atoms with Gasteiger partial charge in [-0.05, 0) is 112 Å². The topological polar surface area (TPSA) is 83.8 Å². The highest BCUT2D eigenvalue weighted by atomic mass is 16.5. The van der Waals surface area contributed by atoms with Crippen LogP contribution in [0.3, 0.4) is 0 Å². The van der Waals surface area contributed by atoms with Crippen LogP contribution < -0.4 is 0 Å². The molecule has 0 amide bonds. The molecule has 35 heavy (non-hydrogen) atoms. The molecule has 0 bridgehead atoms. The van der Waals surface area contributed by atoms with Gasteiger partial charge in [0.1, 0.15) is 5.78 Å². The van der Waals surface area contributed by atoms with Gasteiger partial charge in [-0.1, -0.05) is 27.7 Å². The number of hydrogen-bond donors (Lipinski definition) is 2. The largest absolute Gasteiger partial charge is 0.481 e. The van der Waals surface area contributed by atoms with E-state index in [1.807, 2.05) is 13.8 Å². The zero-order valence-electron chi connectivity index (χ0n) is 22.7. The Labute approximate surface area is 210 Å². The van der Waals surface area contributed by atoms with Crippen LogP contribution in [0.25, 0.3) is 0 Å². The van der Waals surface area contributed by atoms with E-state index in [0.717, 1.165) is 44.9 Å². The van der Waals surface area contributed by atoms with E-state index in [4.69, 9.17) is 4.74 Å². The third-order valence-electron chi connectivity index (χ3n) is 13.5. The first-order valence-corrected chi connectivity index (χ1v) is 14.3. The lowest BCUT2D eigenvalue weighted by molar-refractivity contribution is -0.191. The molecule has 5 aliphatic carbocycles. The molecule has 5 heteroatoms. The minimum Gasteiger partial charge on any atom is -0.481 e. The average Bonchev–Trinajstić information content (AvgIpc) is 3.36. The molecule has 2 spiro atoms. The number of carboxylic acids is 1. The fourth-order valence-corrected chi connectivity index (χ4v) is 11.8. The first-order chi connectivity index (χ1) is 16.2. The molecule has 1 aliphatic heterocycles. The van der Waals surface area contributed by atoms with Gasteiger partial charge in [0.25, 0.3) is 0 Å². The molecule has 10 atom stereocenters. The fourth-order valence-electron chi connectivity index (χ4n) is 11.8. The van der Waals surface area contributed by atoms with E-state index in [1.165, 1.54) is 0 Å². The highest BCUT2D eigenvalue weighted by Gasteiger charge is 2.85. The van der Waals surface area contributed by atoms with E-state index < -0.39 is 23.1 Å². The Morgan fingerprint density at radius 3 is 2.29 bits per heavy atom. The lowest BCUT2D eigenvalue weighted by Crippen LogP contribution is -2.60. The standard InChI is InChI=1S/C30H46O5/c1-17-7-10-22(32)26(4,5)35-18-15-30(24(33)34)20-9-8-19-25(2,3)21(31)11-12-28(19)16-29(20,28)14-13-27(30,6)23(17)18/h17-20,22-23,32H,7-16H2,1-6H3,(H,33,34)/t17-,18-,19+,20-,22-,23-,27-,28-,29+,30+/m1/s1. The number of rotatable bonds is 1. The van der Waals surface area contributed by atoms with Gasteiger partial charge in [-0.2, -0.15) is 0 Å². The second-order valence-electron chi connectivity index (χ2n) is 15.1. The van der Waals surface area contributed by atoms with Gasteiger partial charge < -0.3 is 14.9 Å². The number of aliphatic carboxylic acids is 1. The molecule has 196 valence electrons. The summed E-state index contributed by atoms with van der Waals surface area (Å²) in [5.41, 5.74) is -1.84. The molecule has 2 N–H and O–H groups in total. The Kier molecular flexibility index (Phi) is 4.83. The van der Waals surface area contributed by atoms with Crippen LogP contribution in [0.5, 0.6) is 0 Å². The summed E-state index contributed by atoms with van der Waals surface area (Å²) in [5, 5.41) is 22.0. The summed E-state index contributed by atoms with van der Waals surface area (Å²) in [6.07, 6.45) is 8.20. The van der Waals surface area contributed by atoms with Gasteiger partial charge in [-0.3, -0.25) is 9.59 Å². The van der Waals surface area contributed by atoms with Gasteiger partial charge in [0.2, 0.25) is 0 Å². The molecule has 6 fully saturated rings. The Balaban J connectivity index is 1.45. The van der Waals surface area contributed by atoms with Gasteiger partial charge in [0, 0.05) is 11.8 Å². The molecule has 1 heterocycles. The normalized spacial score (nSPS) is 55.8. The van der Waals surface area contributed by atoms with E-state index in [1.54, 1.807) is 0 Å². The van der Waals surface area contributed by atoms with E-state index >= 15 is 0 Å². The molecule has 0 aromatic carbocycles. The van der Waals surface area contributed by atoms with Crippen LogP contribution in [-0.4, -0.2) is 39.8 Å². The third-order valence-corrected chi connectivity index (χ3v) is 13.5. The molecular formula is C30H46O5. The Morgan fingerprint density at radius 1 is 0.943 bits per heavy atom. The number of carbonyl (C=O) groups is 2.